The van der Waals surface area contributed by atoms with Crippen molar-refractivity contribution in [1.29, 1.82) is 0 Å². The second-order valence-corrected chi connectivity index (χ2v) is 6.14. The van der Waals surface area contributed by atoms with E-state index in [4.69, 9.17) is 12.2 Å². The topological polar surface area (TPSA) is 46.0 Å². The molecule has 1 aliphatic rings. The van der Waals surface area contributed by atoms with Crippen molar-refractivity contribution in [2.45, 2.75) is 12.1 Å². The summed E-state index contributed by atoms with van der Waals surface area (Å²) in [5, 5.41) is 4.13. The van der Waals surface area contributed by atoms with Gasteiger partial charge < -0.3 is 14.8 Å². The average molecular weight is 335 g/mol. The van der Waals surface area contributed by atoms with Crippen LogP contribution >= 0.6 is 12.2 Å². The maximum Gasteiger partial charge on any atom is 0.169 e. The molecule has 1 aliphatic heterocycles. The SMILES string of the molecule is CN1C(=S)N[C@@H](c2ccccn2)[C@@H]1c1cccn1-c1cccnc1. The molecule has 0 amide bonds. The second kappa shape index (κ2) is 6.05. The van der Waals surface area contributed by atoms with Crippen molar-refractivity contribution >= 4 is 17.3 Å². The van der Waals surface area contributed by atoms with Crippen LogP contribution in [-0.2, 0) is 0 Å². The molecule has 2 atom stereocenters. The van der Waals surface area contributed by atoms with E-state index in [0.717, 1.165) is 22.2 Å². The van der Waals surface area contributed by atoms with Crippen molar-refractivity contribution in [3.8, 4) is 5.69 Å². The van der Waals surface area contributed by atoms with Gasteiger partial charge in [-0.15, -0.1) is 0 Å². The van der Waals surface area contributed by atoms with Gasteiger partial charge in [-0.1, -0.05) is 6.07 Å². The lowest BCUT2D eigenvalue weighted by molar-refractivity contribution is 0.357. The Kier molecular flexibility index (Phi) is 3.74. The summed E-state index contributed by atoms with van der Waals surface area (Å²) in [5.41, 5.74) is 3.16. The standard InChI is InChI=1S/C18H17N5S/c1-22-17(16(21-18(22)24)14-7-2-3-10-20-14)15-8-5-11-23(15)13-6-4-9-19-12-13/h2-12,16-17H,1H3,(H,21,24)/t16-,17-/m0/s1. The number of hydrogen-bond acceptors (Lipinski definition) is 3. The van der Waals surface area contributed by atoms with Crippen LogP contribution in [0, 0.1) is 0 Å². The predicted molar refractivity (Wildman–Crippen MR) is 96.8 cm³/mol. The number of rotatable bonds is 3. The first-order chi connectivity index (χ1) is 11.8. The minimum atomic E-state index is 0.00835. The van der Waals surface area contributed by atoms with E-state index in [1.54, 1.807) is 6.20 Å². The molecule has 1 fully saturated rings. The summed E-state index contributed by atoms with van der Waals surface area (Å²) in [6.07, 6.45) is 7.51. The highest BCUT2D eigenvalue weighted by Crippen LogP contribution is 2.38. The Hall–Kier alpha value is -2.73. The van der Waals surface area contributed by atoms with E-state index < -0.39 is 0 Å². The molecule has 24 heavy (non-hydrogen) atoms. The summed E-state index contributed by atoms with van der Waals surface area (Å²) in [4.78, 5) is 10.8. The first-order valence-corrected chi connectivity index (χ1v) is 8.18. The number of likely N-dealkylation sites (N-methyl/N-ethyl adjacent to an activating group) is 1. The summed E-state index contributed by atoms with van der Waals surface area (Å²) in [7, 11) is 2.02. The molecule has 3 aromatic heterocycles. The largest absolute Gasteiger partial charge is 0.352 e. The average Bonchev–Trinajstić information content (AvgIpc) is 3.22. The molecule has 1 N–H and O–H groups in total. The normalized spacial score (nSPS) is 20.2. The van der Waals surface area contributed by atoms with Gasteiger partial charge in [-0.2, -0.15) is 0 Å². The maximum absolute atomic E-state index is 5.50. The summed E-state index contributed by atoms with van der Waals surface area (Å²) < 4.78 is 2.15. The molecule has 4 rings (SSSR count). The molecule has 0 aliphatic carbocycles. The number of nitrogens with one attached hydrogen (secondary N) is 1. The minimum absolute atomic E-state index is 0.00835. The highest BCUT2D eigenvalue weighted by atomic mass is 32.1. The van der Waals surface area contributed by atoms with Crippen LogP contribution in [0.3, 0.4) is 0 Å². The van der Waals surface area contributed by atoms with Crippen LogP contribution < -0.4 is 5.32 Å². The van der Waals surface area contributed by atoms with Crippen molar-refractivity contribution < 1.29 is 0 Å². The molecule has 6 heteroatoms. The highest BCUT2D eigenvalue weighted by Gasteiger charge is 2.39. The van der Waals surface area contributed by atoms with E-state index in [1.807, 2.05) is 55.8 Å². The molecular weight excluding hydrogens is 318 g/mol. The van der Waals surface area contributed by atoms with Gasteiger partial charge in [-0.05, 0) is 48.6 Å². The third kappa shape index (κ3) is 2.45. The van der Waals surface area contributed by atoms with Crippen molar-refractivity contribution in [3.05, 3.63) is 78.6 Å². The number of aromatic nitrogens is 3. The van der Waals surface area contributed by atoms with E-state index >= 15 is 0 Å². The number of hydrogen-bond donors (Lipinski definition) is 1. The highest BCUT2D eigenvalue weighted by molar-refractivity contribution is 7.80. The molecule has 0 bridgehead atoms. The van der Waals surface area contributed by atoms with E-state index in [9.17, 15) is 0 Å². The Morgan fingerprint density at radius 1 is 1.08 bits per heavy atom. The van der Waals surface area contributed by atoms with Gasteiger partial charge in [0.25, 0.3) is 0 Å². The molecule has 5 nitrogen and oxygen atoms in total. The summed E-state index contributed by atoms with van der Waals surface area (Å²) >= 11 is 5.50. The van der Waals surface area contributed by atoms with Gasteiger partial charge in [-0.3, -0.25) is 9.97 Å². The quantitative estimate of drug-likeness (QED) is 0.746. The zero-order valence-electron chi connectivity index (χ0n) is 13.2. The van der Waals surface area contributed by atoms with E-state index in [2.05, 4.69) is 37.0 Å². The number of thiocarbonyl (C=S) groups is 1. The lowest BCUT2D eigenvalue weighted by Crippen LogP contribution is -2.25. The van der Waals surface area contributed by atoms with Gasteiger partial charge in [0.2, 0.25) is 0 Å². The second-order valence-electron chi connectivity index (χ2n) is 5.75. The van der Waals surface area contributed by atoms with Crippen molar-refractivity contribution in [1.82, 2.24) is 24.8 Å². The van der Waals surface area contributed by atoms with Crippen LogP contribution in [0.15, 0.2) is 67.3 Å². The van der Waals surface area contributed by atoms with Crippen LogP contribution in [0.2, 0.25) is 0 Å². The van der Waals surface area contributed by atoms with E-state index in [0.29, 0.717) is 0 Å². The molecule has 1 saturated heterocycles. The fourth-order valence-electron chi connectivity index (χ4n) is 3.20. The Morgan fingerprint density at radius 2 is 2.00 bits per heavy atom. The van der Waals surface area contributed by atoms with Crippen molar-refractivity contribution in [3.63, 3.8) is 0 Å². The first kappa shape index (κ1) is 14.8. The van der Waals surface area contributed by atoms with E-state index in [-0.39, 0.29) is 12.1 Å². The molecule has 3 aromatic rings. The van der Waals surface area contributed by atoms with Crippen LogP contribution in [0.1, 0.15) is 23.5 Å². The molecule has 0 aromatic carbocycles. The van der Waals surface area contributed by atoms with Gasteiger partial charge >= 0.3 is 0 Å². The summed E-state index contributed by atoms with van der Waals surface area (Å²) in [5.74, 6) is 0. The Morgan fingerprint density at radius 3 is 2.75 bits per heavy atom. The van der Waals surface area contributed by atoms with E-state index in [1.165, 1.54) is 0 Å². The molecule has 120 valence electrons. The zero-order valence-corrected chi connectivity index (χ0v) is 14.0. The molecule has 0 saturated carbocycles. The maximum atomic E-state index is 5.50. The monoisotopic (exact) mass is 335 g/mol. The molecule has 0 spiro atoms. The van der Waals surface area contributed by atoms with Gasteiger partial charge in [0, 0.05) is 31.3 Å². The third-order valence-electron chi connectivity index (χ3n) is 4.35. The van der Waals surface area contributed by atoms with Crippen LogP contribution in [0.5, 0.6) is 0 Å². The molecular formula is C18H17N5S. The van der Waals surface area contributed by atoms with Gasteiger partial charge in [0.15, 0.2) is 5.11 Å². The fraction of sp³-hybridized carbons (Fsp3) is 0.167. The lowest BCUT2D eigenvalue weighted by atomic mass is 10.0. The van der Waals surface area contributed by atoms with Gasteiger partial charge in [0.1, 0.15) is 0 Å². The van der Waals surface area contributed by atoms with Crippen molar-refractivity contribution in [2.75, 3.05) is 7.05 Å². The van der Waals surface area contributed by atoms with Gasteiger partial charge in [0.05, 0.1) is 29.7 Å². The number of pyridine rings is 2. The Balaban J connectivity index is 1.80. The predicted octanol–water partition coefficient (Wildman–Crippen LogP) is 2.87. The Labute approximate surface area is 146 Å². The van der Waals surface area contributed by atoms with Crippen molar-refractivity contribution in [2.24, 2.45) is 0 Å². The Bertz CT molecular complexity index is 846. The number of nitrogens with zero attached hydrogens (tertiary/aromatic N) is 4. The van der Waals surface area contributed by atoms with Crippen LogP contribution in [0.25, 0.3) is 5.69 Å². The van der Waals surface area contributed by atoms with Crippen LogP contribution in [-0.4, -0.2) is 31.6 Å². The van der Waals surface area contributed by atoms with Crippen LogP contribution in [0.4, 0.5) is 0 Å². The molecule has 4 heterocycles. The first-order valence-electron chi connectivity index (χ1n) is 7.77. The molecule has 0 radical (unpaired) electrons. The summed E-state index contributed by atoms with van der Waals surface area (Å²) in [6.45, 7) is 0. The molecule has 0 unspecified atom stereocenters. The smallest absolute Gasteiger partial charge is 0.169 e. The zero-order chi connectivity index (χ0) is 16.5. The van der Waals surface area contributed by atoms with Gasteiger partial charge in [-0.25, -0.2) is 0 Å². The lowest BCUT2D eigenvalue weighted by Gasteiger charge is -2.25. The minimum Gasteiger partial charge on any atom is -0.352 e. The fourth-order valence-corrected chi connectivity index (χ4v) is 3.44. The third-order valence-corrected chi connectivity index (χ3v) is 4.75. The summed E-state index contributed by atoms with van der Waals surface area (Å²) in [6, 6.07) is 14.2.